The van der Waals surface area contributed by atoms with Crippen molar-refractivity contribution in [1.82, 2.24) is 0 Å². The van der Waals surface area contributed by atoms with Crippen molar-refractivity contribution in [1.29, 1.82) is 0 Å². The fraction of sp³-hybridized carbons (Fsp3) is 1.00. The summed E-state index contributed by atoms with van der Waals surface area (Å²) in [5.74, 6) is 0. The van der Waals surface area contributed by atoms with Gasteiger partial charge in [-0.2, -0.15) is 8.42 Å². The van der Waals surface area contributed by atoms with Gasteiger partial charge in [0, 0.05) is 29.6 Å². The second-order valence-corrected chi connectivity index (χ2v) is 9.70. The first-order chi connectivity index (χ1) is 14.1. The second kappa shape index (κ2) is 26.1. The minimum absolute atomic E-state index is 0. The van der Waals surface area contributed by atoms with Crippen LogP contribution in [0.3, 0.4) is 0 Å². The number of hydrogen-bond donors (Lipinski definition) is 0. The number of unbranched alkanes of at least 4 members (excludes halogenated alkanes) is 18. The van der Waals surface area contributed by atoms with E-state index >= 15 is 0 Å². The fourth-order valence-corrected chi connectivity index (χ4v) is 4.25. The molecule has 0 aromatic carbocycles. The molecule has 0 bridgehead atoms. The number of rotatable bonds is 24. The van der Waals surface area contributed by atoms with Gasteiger partial charge in [-0.05, 0) is 12.8 Å². The smallest absolute Gasteiger partial charge is 0.248 e. The molecular formula is C24H50NaO4S. The van der Waals surface area contributed by atoms with Crippen LogP contribution < -0.4 is 0 Å². The fourth-order valence-electron chi connectivity index (χ4n) is 3.53. The molecule has 0 unspecified atom stereocenters. The van der Waals surface area contributed by atoms with E-state index in [1.807, 2.05) is 0 Å². The van der Waals surface area contributed by atoms with Crippen LogP contribution in [0.15, 0.2) is 0 Å². The van der Waals surface area contributed by atoms with Gasteiger partial charge in [-0.25, -0.2) is 8.37 Å². The third-order valence-electron chi connectivity index (χ3n) is 5.45. The first kappa shape index (κ1) is 33.0. The maximum absolute atomic E-state index is 11.7. The van der Waals surface area contributed by atoms with Crippen molar-refractivity contribution < 1.29 is 16.8 Å². The topological polar surface area (TPSA) is 52.6 Å². The Hall–Kier alpha value is 0.870. The molecule has 0 aromatic rings. The third kappa shape index (κ3) is 26.9. The molecule has 0 aliphatic rings. The van der Waals surface area contributed by atoms with E-state index in [4.69, 9.17) is 8.37 Å². The molecule has 1 radical (unpaired) electrons. The zero-order chi connectivity index (χ0) is 21.5. The van der Waals surface area contributed by atoms with E-state index in [-0.39, 0.29) is 42.8 Å². The van der Waals surface area contributed by atoms with Crippen molar-refractivity contribution in [3.05, 3.63) is 0 Å². The zero-order valence-corrected chi connectivity index (χ0v) is 23.4. The van der Waals surface area contributed by atoms with Gasteiger partial charge in [0.15, 0.2) is 0 Å². The van der Waals surface area contributed by atoms with Crippen LogP contribution in [-0.4, -0.2) is 51.2 Å². The monoisotopic (exact) mass is 457 g/mol. The van der Waals surface area contributed by atoms with Crippen molar-refractivity contribution in [2.45, 2.75) is 142 Å². The third-order valence-corrected chi connectivity index (χ3v) is 6.36. The van der Waals surface area contributed by atoms with Crippen molar-refractivity contribution in [3.63, 3.8) is 0 Å². The normalized spacial score (nSPS) is 11.5. The van der Waals surface area contributed by atoms with Gasteiger partial charge in [0.05, 0.1) is 13.2 Å². The van der Waals surface area contributed by atoms with Crippen LogP contribution in [0.5, 0.6) is 0 Å². The Balaban J connectivity index is 0. The van der Waals surface area contributed by atoms with Gasteiger partial charge in [-0.1, -0.05) is 129 Å². The van der Waals surface area contributed by atoms with Crippen LogP contribution in [0.4, 0.5) is 0 Å². The van der Waals surface area contributed by atoms with E-state index in [0.717, 1.165) is 38.5 Å². The Bertz CT molecular complexity index is 383. The van der Waals surface area contributed by atoms with Crippen LogP contribution >= 0.6 is 0 Å². The first-order valence-corrected chi connectivity index (χ1v) is 14.0. The van der Waals surface area contributed by atoms with Crippen molar-refractivity contribution in [2.75, 3.05) is 13.2 Å². The summed E-state index contributed by atoms with van der Waals surface area (Å²) in [6.07, 6.45) is 24.4. The molecule has 0 saturated heterocycles. The Morgan fingerprint density at radius 2 is 0.667 bits per heavy atom. The van der Waals surface area contributed by atoms with Crippen LogP contribution in [0, 0.1) is 0 Å². The summed E-state index contributed by atoms with van der Waals surface area (Å²) >= 11 is 0. The van der Waals surface area contributed by atoms with E-state index in [9.17, 15) is 8.42 Å². The Morgan fingerprint density at radius 1 is 0.433 bits per heavy atom. The summed E-state index contributed by atoms with van der Waals surface area (Å²) in [5, 5.41) is 0. The molecule has 6 heteroatoms. The molecule has 4 nitrogen and oxygen atoms in total. The summed E-state index contributed by atoms with van der Waals surface area (Å²) < 4.78 is 33.3. The van der Waals surface area contributed by atoms with E-state index in [0.29, 0.717) is 0 Å². The summed E-state index contributed by atoms with van der Waals surface area (Å²) in [6.45, 7) is 4.98. The van der Waals surface area contributed by atoms with E-state index in [2.05, 4.69) is 13.8 Å². The van der Waals surface area contributed by atoms with Gasteiger partial charge in [0.1, 0.15) is 0 Å². The van der Waals surface area contributed by atoms with E-state index in [1.54, 1.807) is 0 Å². The predicted molar refractivity (Wildman–Crippen MR) is 130 cm³/mol. The van der Waals surface area contributed by atoms with Gasteiger partial charge < -0.3 is 0 Å². The van der Waals surface area contributed by atoms with Gasteiger partial charge in [-0.15, -0.1) is 0 Å². The van der Waals surface area contributed by atoms with Crippen molar-refractivity contribution in [2.24, 2.45) is 0 Å². The summed E-state index contributed by atoms with van der Waals surface area (Å²) in [5.41, 5.74) is 0. The van der Waals surface area contributed by atoms with Gasteiger partial charge in [-0.3, -0.25) is 0 Å². The predicted octanol–water partition coefficient (Wildman–Crippen LogP) is 7.73. The van der Waals surface area contributed by atoms with Gasteiger partial charge in [0.25, 0.3) is 0 Å². The summed E-state index contributed by atoms with van der Waals surface area (Å²) in [7, 11) is -3.80. The van der Waals surface area contributed by atoms with Crippen LogP contribution in [0.1, 0.15) is 142 Å². The molecule has 177 valence electrons. The van der Waals surface area contributed by atoms with Crippen LogP contribution in [-0.2, 0) is 18.8 Å². The largest absolute Gasteiger partial charge is 0.399 e. The van der Waals surface area contributed by atoms with Crippen molar-refractivity contribution in [3.8, 4) is 0 Å². The molecule has 0 amide bonds. The molecule has 0 atom stereocenters. The van der Waals surface area contributed by atoms with E-state index < -0.39 is 10.4 Å². The van der Waals surface area contributed by atoms with Crippen LogP contribution in [0.2, 0.25) is 0 Å². The Labute approximate surface area is 211 Å². The standard InChI is InChI=1S/C24H50O4S.Na/c1-3-5-7-9-11-13-15-17-19-21-23-27-29(25,26)28-24-22-20-18-16-14-12-10-8-6-4-2;/h3-24H2,1-2H3;. The Kier molecular flexibility index (Phi) is 28.8. The maximum Gasteiger partial charge on any atom is 0.399 e. The molecule has 0 saturated carbocycles. The van der Waals surface area contributed by atoms with Gasteiger partial charge in [0.2, 0.25) is 0 Å². The molecule has 0 rings (SSSR count). The first-order valence-electron chi connectivity index (χ1n) is 12.7. The summed E-state index contributed by atoms with van der Waals surface area (Å²) in [4.78, 5) is 0. The molecule has 0 N–H and O–H groups in total. The molecular weight excluding hydrogens is 407 g/mol. The minimum Gasteiger partial charge on any atom is -0.248 e. The van der Waals surface area contributed by atoms with E-state index in [1.165, 1.54) is 89.9 Å². The maximum atomic E-state index is 11.7. The molecule has 0 heterocycles. The average Bonchev–Trinajstić information content (AvgIpc) is 2.70. The second-order valence-electron chi connectivity index (χ2n) is 8.42. The molecule has 30 heavy (non-hydrogen) atoms. The number of hydrogen-bond acceptors (Lipinski definition) is 4. The molecule has 0 spiro atoms. The van der Waals surface area contributed by atoms with Crippen LogP contribution in [0.25, 0.3) is 0 Å². The summed E-state index contributed by atoms with van der Waals surface area (Å²) in [6, 6.07) is 0. The van der Waals surface area contributed by atoms with Gasteiger partial charge >= 0.3 is 10.4 Å². The molecule has 0 aromatic heterocycles. The molecule has 0 fully saturated rings. The SMILES string of the molecule is CCCCCCCCCCCCOS(=O)(=O)OCCCCCCCCCCCC.[Na]. The molecule has 0 aliphatic carbocycles. The minimum atomic E-state index is -3.80. The quantitative estimate of drug-likeness (QED) is 0.110. The molecule has 0 aliphatic heterocycles. The Morgan fingerprint density at radius 3 is 0.933 bits per heavy atom. The average molecular weight is 458 g/mol. The zero-order valence-electron chi connectivity index (χ0n) is 20.6. The van der Waals surface area contributed by atoms with Crippen molar-refractivity contribution >= 4 is 40.0 Å².